The maximum atomic E-state index is 13.2. The molecule has 0 bridgehead atoms. The second kappa shape index (κ2) is 4.23. The number of aromatic amines is 2. The molecular weight excluding hydrogens is 291 g/mol. The molecule has 4 aromatic rings. The average molecular weight is 300 g/mol. The van der Waals surface area contributed by atoms with Crippen molar-refractivity contribution in [1.82, 2.24) is 20.2 Å². The first-order valence-electron chi connectivity index (χ1n) is 6.27. The SMILES string of the molecule is Cc1[nH]nc2nc3[nH]c(=O)sc3c(-c3ccc(F)cc3)c12. The number of hydrogen-bond acceptors (Lipinski definition) is 4. The second-order valence-electron chi connectivity index (χ2n) is 4.73. The number of aryl methyl sites for hydroxylation is 1. The summed E-state index contributed by atoms with van der Waals surface area (Å²) in [4.78, 5) is 18.5. The van der Waals surface area contributed by atoms with Gasteiger partial charge < -0.3 is 0 Å². The Labute approximate surface area is 121 Å². The number of thiazole rings is 1. The maximum absolute atomic E-state index is 13.2. The lowest BCUT2D eigenvalue weighted by Gasteiger charge is -2.05. The Bertz CT molecular complexity index is 1030. The normalized spacial score (nSPS) is 11.5. The van der Waals surface area contributed by atoms with E-state index in [1.165, 1.54) is 12.1 Å². The van der Waals surface area contributed by atoms with Crippen molar-refractivity contribution < 1.29 is 4.39 Å². The van der Waals surface area contributed by atoms with Crippen LogP contribution in [0.15, 0.2) is 29.1 Å². The van der Waals surface area contributed by atoms with Gasteiger partial charge in [-0.2, -0.15) is 5.10 Å². The highest BCUT2D eigenvalue weighted by molar-refractivity contribution is 7.17. The molecule has 0 radical (unpaired) electrons. The first-order valence-corrected chi connectivity index (χ1v) is 7.08. The Morgan fingerprint density at radius 2 is 2.00 bits per heavy atom. The minimum absolute atomic E-state index is 0.171. The van der Waals surface area contributed by atoms with E-state index in [0.717, 1.165) is 38.2 Å². The molecule has 3 aromatic heterocycles. The Balaban J connectivity index is 2.22. The molecule has 0 aliphatic rings. The van der Waals surface area contributed by atoms with Crippen LogP contribution in [0.1, 0.15) is 5.69 Å². The van der Waals surface area contributed by atoms with Gasteiger partial charge in [0.1, 0.15) is 5.82 Å². The van der Waals surface area contributed by atoms with E-state index in [1.807, 2.05) is 6.92 Å². The van der Waals surface area contributed by atoms with E-state index < -0.39 is 0 Å². The molecule has 21 heavy (non-hydrogen) atoms. The molecule has 0 saturated heterocycles. The fourth-order valence-electron chi connectivity index (χ4n) is 2.48. The zero-order valence-corrected chi connectivity index (χ0v) is 11.7. The lowest BCUT2D eigenvalue weighted by Crippen LogP contribution is -1.91. The van der Waals surface area contributed by atoms with Gasteiger partial charge in [0.05, 0.1) is 10.1 Å². The van der Waals surface area contributed by atoms with Crippen molar-refractivity contribution in [3.8, 4) is 11.1 Å². The predicted molar refractivity (Wildman–Crippen MR) is 80.0 cm³/mol. The van der Waals surface area contributed by atoms with Crippen molar-refractivity contribution in [2.24, 2.45) is 0 Å². The first-order chi connectivity index (χ1) is 10.1. The molecule has 104 valence electrons. The molecular formula is C14H9FN4OS. The van der Waals surface area contributed by atoms with Gasteiger partial charge in [0.25, 0.3) is 0 Å². The lowest BCUT2D eigenvalue weighted by molar-refractivity contribution is 0.628. The molecule has 0 spiro atoms. The van der Waals surface area contributed by atoms with Gasteiger partial charge in [0, 0.05) is 11.3 Å². The molecule has 2 N–H and O–H groups in total. The van der Waals surface area contributed by atoms with Gasteiger partial charge in [0.15, 0.2) is 11.3 Å². The average Bonchev–Trinajstić information content (AvgIpc) is 3.00. The van der Waals surface area contributed by atoms with E-state index in [4.69, 9.17) is 0 Å². The van der Waals surface area contributed by atoms with Gasteiger partial charge in [-0.1, -0.05) is 23.5 Å². The van der Waals surface area contributed by atoms with Crippen molar-refractivity contribution in [3.05, 3.63) is 45.4 Å². The summed E-state index contributed by atoms with van der Waals surface area (Å²) in [6.07, 6.45) is 0. The fraction of sp³-hybridized carbons (Fsp3) is 0.0714. The predicted octanol–water partition coefficient (Wildman–Crippen LogP) is 2.98. The van der Waals surface area contributed by atoms with Gasteiger partial charge in [-0.15, -0.1) is 0 Å². The molecule has 0 amide bonds. The van der Waals surface area contributed by atoms with Crippen LogP contribution in [0.3, 0.4) is 0 Å². The van der Waals surface area contributed by atoms with Crippen LogP contribution in [0.4, 0.5) is 4.39 Å². The van der Waals surface area contributed by atoms with Gasteiger partial charge in [-0.3, -0.25) is 14.9 Å². The van der Waals surface area contributed by atoms with Crippen LogP contribution in [0.5, 0.6) is 0 Å². The number of nitrogens with one attached hydrogen (secondary N) is 2. The van der Waals surface area contributed by atoms with Crippen LogP contribution in [-0.4, -0.2) is 20.2 Å². The Morgan fingerprint density at radius 3 is 2.76 bits per heavy atom. The number of pyridine rings is 1. The number of hydrogen-bond donors (Lipinski definition) is 2. The zero-order valence-electron chi connectivity index (χ0n) is 10.9. The summed E-state index contributed by atoms with van der Waals surface area (Å²) in [5, 5.41) is 7.91. The van der Waals surface area contributed by atoms with E-state index in [2.05, 4.69) is 20.2 Å². The third-order valence-electron chi connectivity index (χ3n) is 3.39. The number of nitrogens with zero attached hydrogens (tertiary/aromatic N) is 2. The van der Waals surface area contributed by atoms with Crippen molar-refractivity contribution in [2.75, 3.05) is 0 Å². The van der Waals surface area contributed by atoms with Crippen molar-refractivity contribution in [1.29, 1.82) is 0 Å². The smallest absolute Gasteiger partial charge is 0.297 e. The molecule has 0 fully saturated rings. The second-order valence-corrected chi connectivity index (χ2v) is 5.72. The summed E-state index contributed by atoms with van der Waals surface area (Å²) in [5.41, 5.74) is 3.58. The summed E-state index contributed by atoms with van der Waals surface area (Å²) < 4.78 is 13.9. The molecule has 7 heteroatoms. The van der Waals surface area contributed by atoms with Crippen molar-refractivity contribution in [2.45, 2.75) is 6.92 Å². The molecule has 0 aliphatic heterocycles. The van der Waals surface area contributed by atoms with Gasteiger partial charge in [-0.25, -0.2) is 9.37 Å². The molecule has 3 heterocycles. The van der Waals surface area contributed by atoms with E-state index in [0.29, 0.717) is 11.3 Å². The van der Waals surface area contributed by atoms with Crippen LogP contribution in [0.2, 0.25) is 0 Å². The maximum Gasteiger partial charge on any atom is 0.306 e. The summed E-state index contributed by atoms with van der Waals surface area (Å²) >= 11 is 1.10. The van der Waals surface area contributed by atoms with Crippen molar-refractivity contribution >= 4 is 32.7 Å². The summed E-state index contributed by atoms with van der Waals surface area (Å²) in [6.45, 7) is 1.89. The van der Waals surface area contributed by atoms with Crippen LogP contribution in [0, 0.1) is 12.7 Å². The minimum Gasteiger partial charge on any atom is -0.297 e. The molecule has 0 atom stereocenters. The standard InChI is InChI=1S/C14H9FN4OS/c1-6-9-10(7-2-4-8(15)5-3-7)11-13(17-14(20)21-11)16-12(9)19-18-6/h2-5H,1H3,(H2,16,17,18,19,20). The van der Waals surface area contributed by atoms with E-state index in [-0.39, 0.29) is 10.7 Å². The minimum atomic E-state index is -0.300. The molecule has 0 unspecified atom stereocenters. The highest BCUT2D eigenvalue weighted by Crippen LogP contribution is 2.36. The van der Waals surface area contributed by atoms with E-state index in [9.17, 15) is 9.18 Å². The number of fused-ring (bicyclic) bond motifs is 2. The van der Waals surface area contributed by atoms with Crippen LogP contribution < -0.4 is 4.87 Å². The fourth-order valence-corrected chi connectivity index (χ4v) is 3.32. The number of H-pyrrole nitrogens is 2. The monoisotopic (exact) mass is 300 g/mol. The molecule has 1 aromatic carbocycles. The summed E-state index contributed by atoms with van der Waals surface area (Å²) in [6, 6.07) is 6.19. The number of halogens is 1. The molecule has 0 saturated carbocycles. The van der Waals surface area contributed by atoms with Crippen LogP contribution in [-0.2, 0) is 0 Å². The van der Waals surface area contributed by atoms with Gasteiger partial charge in [-0.05, 0) is 24.6 Å². The highest BCUT2D eigenvalue weighted by atomic mass is 32.1. The Kier molecular flexibility index (Phi) is 2.46. The zero-order chi connectivity index (χ0) is 14.6. The lowest BCUT2D eigenvalue weighted by atomic mass is 10.0. The quantitative estimate of drug-likeness (QED) is 0.567. The third kappa shape index (κ3) is 1.78. The topological polar surface area (TPSA) is 74.4 Å². The summed E-state index contributed by atoms with van der Waals surface area (Å²) in [7, 11) is 0. The van der Waals surface area contributed by atoms with Crippen LogP contribution >= 0.6 is 11.3 Å². The van der Waals surface area contributed by atoms with Crippen LogP contribution in [0.25, 0.3) is 32.5 Å². The largest absolute Gasteiger partial charge is 0.306 e. The Hall–Kier alpha value is -2.54. The van der Waals surface area contributed by atoms with E-state index >= 15 is 0 Å². The Morgan fingerprint density at radius 1 is 1.24 bits per heavy atom. The third-order valence-corrected chi connectivity index (χ3v) is 4.28. The van der Waals surface area contributed by atoms with Gasteiger partial charge in [0.2, 0.25) is 0 Å². The highest BCUT2D eigenvalue weighted by Gasteiger charge is 2.17. The van der Waals surface area contributed by atoms with Crippen molar-refractivity contribution in [3.63, 3.8) is 0 Å². The number of rotatable bonds is 1. The number of benzene rings is 1. The first kappa shape index (κ1) is 12.2. The molecule has 0 aliphatic carbocycles. The summed E-state index contributed by atoms with van der Waals surface area (Å²) in [5.74, 6) is -0.300. The molecule has 5 nitrogen and oxygen atoms in total. The van der Waals surface area contributed by atoms with Gasteiger partial charge >= 0.3 is 4.87 Å². The van der Waals surface area contributed by atoms with E-state index in [1.54, 1.807) is 12.1 Å². The molecule has 4 rings (SSSR count). The number of aromatic nitrogens is 4.